The lowest BCUT2D eigenvalue weighted by Crippen LogP contribution is -2.35. The molecular weight excluding hydrogens is 454 g/mol. The fourth-order valence-corrected chi connectivity index (χ4v) is 5.68. The van der Waals surface area contributed by atoms with Crippen LogP contribution in [0.5, 0.6) is 5.75 Å². The van der Waals surface area contributed by atoms with Gasteiger partial charge in [0.1, 0.15) is 11.3 Å². The van der Waals surface area contributed by atoms with Gasteiger partial charge in [-0.05, 0) is 42.8 Å². The summed E-state index contributed by atoms with van der Waals surface area (Å²) >= 11 is 0. The van der Waals surface area contributed by atoms with Crippen molar-refractivity contribution in [2.45, 2.75) is 32.4 Å². The fraction of sp³-hybridized carbons (Fsp3) is 0.448. The zero-order chi connectivity index (χ0) is 25.1. The van der Waals surface area contributed by atoms with Crippen molar-refractivity contribution in [3.8, 4) is 5.75 Å². The number of hydrogen-bond acceptors (Lipinski definition) is 6. The van der Waals surface area contributed by atoms with Crippen LogP contribution in [0.3, 0.4) is 0 Å². The fourth-order valence-electron chi connectivity index (χ4n) is 5.68. The third-order valence-corrected chi connectivity index (χ3v) is 7.55. The number of methoxy groups -OCH3 is 1. The summed E-state index contributed by atoms with van der Waals surface area (Å²) in [4.78, 5) is 30.7. The lowest BCUT2D eigenvalue weighted by molar-refractivity contribution is 0.0590. The number of esters is 1. The third-order valence-electron chi connectivity index (χ3n) is 7.55. The molecule has 1 saturated heterocycles. The second-order valence-electron chi connectivity index (χ2n) is 10.1. The number of benzene rings is 2. The molecular formula is C29H35N3O4. The van der Waals surface area contributed by atoms with Gasteiger partial charge >= 0.3 is 5.97 Å². The molecule has 0 amide bonds. The van der Waals surface area contributed by atoms with E-state index in [1.165, 1.54) is 29.5 Å². The van der Waals surface area contributed by atoms with Crippen LogP contribution in [0.4, 0.5) is 0 Å². The number of rotatable bonds is 6. The molecule has 0 N–H and O–H groups in total. The van der Waals surface area contributed by atoms with Gasteiger partial charge in [0, 0.05) is 56.8 Å². The molecule has 3 heterocycles. The average Bonchev–Trinajstić information content (AvgIpc) is 3.10. The highest BCUT2D eigenvalue weighted by Crippen LogP contribution is 2.27. The van der Waals surface area contributed by atoms with Crippen molar-refractivity contribution in [3.05, 3.63) is 75.7 Å². The predicted molar refractivity (Wildman–Crippen MR) is 141 cm³/mol. The minimum absolute atomic E-state index is 0.125. The van der Waals surface area contributed by atoms with Gasteiger partial charge in [-0.25, -0.2) is 4.79 Å². The van der Waals surface area contributed by atoms with Gasteiger partial charge in [0.15, 0.2) is 0 Å². The largest absolute Gasteiger partial charge is 0.492 e. The van der Waals surface area contributed by atoms with Crippen LogP contribution in [0.15, 0.2) is 53.3 Å². The highest BCUT2D eigenvalue weighted by atomic mass is 16.5. The summed E-state index contributed by atoms with van der Waals surface area (Å²) in [6, 6.07) is 16.3. The first-order valence-corrected chi connectivity index (χ1v) is 12.9. The molecule has 7 heteroatoms. The number of carbonyl (C=O) groups excluding carboxylic acids is 1. The van der Waals surface area contributed by atoms with Crippen LogP contribution in [0.1, 0.15) is 34.5 Å². The Morgan fingerprint density at radius 1 is 1.06 bits per heavy atom. The van der Waals surface area contributed by atoms with Gasteiger partial charge in [-0.3, -0.25) is 9.69 Å². The van der Waals surface area contributed by atoms with Crippen LogP contribution in [-0.2, 0) is 24.2 Å². The number of pyridine rings is 1. The Kier molecular flexibility index (Phi) is 7.39. The number of carbonyl (C=O) groups is 1. The maximum atomic E-state index is 13.1. The van der Waals surface area contributed by atoms with E-state index in [9.17, 15) is 9.59 Å². The molecule has 0 saturated carbocycles. The molecule has 0 radical (unpaired) electrons. The van der Waals surface area contributed by atoms with E-state index in [1.54, 1.807) is 4.57 Å². The van der Waals surface area contributed by atoms with Crippen LogP contribution < -0.4 is 10.3 Å². The number of piperidine rings is 1. The van der Waals surface area contributed by atoms with Crippen molar-refractivity contribution < 1.29 is 14.3 Å². The van der Waals surface area contributed by atoms with Gasteiger partial charge in [0.05, 0.1) is 13.7 Å². The monoisotopic (exact) mass is 489 g/mol. The van der Waals surface area contributed by atoms with Gasteiger partial charge in [-0.15, -0.1) is 0 Å². The number of aromatic nitrogens is 1. The van der Waals surface area contributed by atoms with Crippen LogP contribution in [0.25, 0.3) is 10.8 Å². The van der Waals surface area contributed by atoms with Crippen LogP contribution in [-0.4, -0.2) is 67.3 Å². The third kappa shape index (κ3) is 5.18. The van der Waals surface area contributed by atoms with Crippen LogP contribution in [0.2, 0.25) is 0 Å². The Balaban J connectivity index is 1.38. The Labute approximate surface area is 212 Å². The molecule has 36 heavy (non-hydrogen) atoms. The van der Waals surface area contributed by atoms with Crippen molar-refractivity contribution in [2.75, 3.05) is 46.9 Å². The van der Waals surface area contributed by atoms with Gasteiger partial charge < -0.3 is 18.9 Å². The van der Waals surface area contributed by atoms with E-state index in [0.29, 0.717) is 42.5 Å². The lowest BCUT2D eigenvalue weighted by atomic mass is 9.99. The second kappa shape index (κ2) is 10.8. The lowest BCUT2D eigenvalue weighted by Gasteiger charge is -2.29. The van der Waals surface area contributed by atoms with Crippen molar-refractivity contribution in [2.24, 2.45) is 5.92 Å². The SMILES string of the molecule is COC(=O)c1c(OCC2CCCN(C)C2)cc(=O)n2c1CCN(Cc1cccc3ccccc13)CC2. The quantitative estimate of drug-likeness (QED) is 0.494. The molecule has 3 aromatic rings. The van der Waals surface area contributed by atoms with E-state index in [2.05, 4.69) is 59.3 Å². The zero-order valence-electron chi connectivity index (χ0n) is 21.2. The normalized spacial score (nSPS) is 19.0. The maximum absolute atomic E-state index is 13.1. The first-order valence-electron chi connectivity index (χ1n) is 12.9. The van der Waals surface area contributed by atoms with Gasteiger partial charge in [-0.1, -0.05) is 42.5 Å². The van der Waals surface area contributed by atoms with E-state index >= 15 is 0 Å². The Hall–Kier alpha value is -3.16. The number of fused-ring (bicyclic) bond motifs is 2. The number of nitrogens with zero attached hydrogens (tertiary/aromatic N) is 3. The van der Waals surface area contributed by atoms with E-state index < -0.39 is 5.97 Å². The average molecular weight is 490 g/mol. The maximum Gasteiger partial charge on any atom is 0.343 e. The second-order valence-corrected chi connectivity index (χ2v) is 10.1. The van der Waals surface area contributed by atoms with Crippen molar-refractivity contribution in [1.29, 1.82) is 0 Å². The van der Waals surface area contributed by atoms with E-state index in [0.717, 1.165) is 45.6 Å². The molecule has 2 aliphatic heterocycles. The van der Waals surface area contributed by atoms with E-state index in [4.69, 9.17) is 9.47 Å². The zero-order valence-corrected chi connectivity index (χ0v) is 21.2. The predicted octanol–water partition coefficient (Wildman–Crippen LogP) is 3.57. The summed E-state index contributed by atoms with van der Waals surface area (Å²) in [6.07, 6.45) is 2.80. The highest BCUT2D eigenvalue weighted by molar-refractivity contribution is 5.93. The summed E-state index contributed by atoms with van der Waals surface area (Å²) < 4.78 is 13.0. The number of likely N-dealkylation sites (tertiary alicyclic amines) is 1. The molecule has 0 aliphatic carbocycles. The van der Waals surface area contributed by atoms with Crippen molar-refractivity contribution in [3.63, 3.8) is 0 Å². The molecule has 1 aromatic heterocycles. The number of ether oxygens (including phenoxy) is 2. The summed E-state index contributed by atoms with van der Waals surface area (Å²) in [5.41, 5.74) is 2.25. The van der Waals surface area contributed by atoms with Gasteiger partial charge in [0.2, 0.25) is 0 Å². The molecule has 7 nitrogen and oxygen atoms in total. The van der Waals surface area contributed by atoms with Gasteiger partial charge in [-0.2, -0.15) is 0 Å². The van der Waals surface area contributed by atoms with Crippen molar-refractivity contribution in [1.82, 2.24) is 14.4 Å². The first-order chi connectivity index (χ1) is 17.5. The standard InChI is InChI=1S/C29H35N3O4/c1-30-13-6-7-21(18-30)20-36-26-17-27(33)32-16-15-31(14-12-25(32)28(26)29(34)35-2)19-23-10-5-9-22-8-3-4-11-24(22)23/h3-5,8-11,17,21H,6-7,12-16,18-20H2,1-2H3. The molecule has 2 aromatic carbocycles. The van der Waals surface area contributed by atoms with E-state index in [-0.39, 0.29) is 5.56 Å². The number of hydrogen-bond donors (Lipinski definition) is 0. The molecule has 0 bridgehead atoms. The summed E-state index contributed by atoms with van der Waals surface area (Å²) in [6.45, 7) is 5.33. The highest BCUT2D eigenvalue weighted by Gasteiger charge is 2.27. The molecule has 1 atom stereocenters. The Morgan fingerprint density at radius 2 is 1.89 bits per heavy atom. The van der Waals surface area contributed by atoms with Crippen LogP contribution >= 0.6 is 0 Å². The topological polar surface area (TPSA) is 64.0 Å². The Morgan fingerprint density at radius 3 is 2.72 bits per heavy atom. The van der Waals surface area contributed by atoms with Crippen LogP contribution in [0, 0.1) is 5.92 Å². The van der Waals surface area contributed by atoms with Crippen molar-refractivity contribution >= 4 is 16.7 Å². The molecule has 0 spiro atoms. The van der Waals surface area contributed by atoms with E-state index in [1.807, 2.05) is 0 Å². The molecule has 1 unspecified atom stereocenters. The minimum Gasteiger partial charge on any atom is -0.492 e. The summed E-state index contributed by atoms with van der Waals surface area (Å²) in [7, 11) is 3.50. The molecule has 5 rings (SSSR count). The molecule has 1 fully saturated rings. The Bertz CT molecular complexity index is 1300. The smallest absolute Gasteiger partial charge is 0.343 e. The minimum atomic E-state index is -0.447. The summed E-state index contributed by atoms with van der Waals surface area (Å²) in [5, 5.41) is 2.47. The molecule has 2 aliphatic rings. The summed E-state index contributed by atoms with van der Waals surface area (Å²) in [5.74, 6) is 0.290. The molecule has 190 valence electrons. The first kappa shape index (κ1) is 24.5. The van der Waals surface area contributed by atoms with Gasteiger partial charge in [0.25, 0.3) is 5.56 Å².